The fraction of sp³-hybridized carbons (Fsp3) is 0.948. The Kier molecular flexibility index (Phi) is 65.0. The topological polar surface area (TPSA) is 237 Å². The zero-order valence-electron chi connectivity index (χ0n) is 63.0. The van der Waals surface area contributed by atoms with Gasteiger partial charge in [-0.25, -0.2) is 9.13 Å². The molecule has 0 radical (unpaired) electrons. The predicted octanol–water partition coefficient (Wildman–Crippen LogP) is 22.4. The number of carbonyl (C=O) groups excluding carboxylic acids is 4. The van der Waals surface area contributed by atoms with Gasteiger partial charge in [0.15, 0.2) is 12.2 Å². The highest BCUT2D eigenvalue weighted by molar-refractivity contribution is 7.47. The van der Waals surface area contributed by atoms with Crippen molar-refractivity contribution < 1.29 is 80.2 Å². The van der Waals surface area contributed by atoms with Gasteiger partial charge in [-0.2, -0.15) is 0 Å². The number of aliphatic hydroxyl groups is 1. The first-order valence-corrected chi connectivity index (χ1v) is 42.8. The average molecular weight is 1410 g/mol. The number of carbonyl (C=O) groups is 4. The van der Waals surface area contributed by atoms with Crippen molar-refractivity contribution in [1.82, 2.24) is 0 Å². The maximum atomic E-state index is 13.1. The molecular formula is C77H150O17P2. The van der Waals surface area contributed by atoms with Gasteiger partial charge in [0, 0.05) is 25.7 Å². The Morgan fingerprint density at radius 2 is 0.500 bits per heavy atom. The largest absolute Gasteiger partial charge is 0.472 e. The van der Waals surface area contributed by atoms with Crippen molar-refractivity contribution >= 4 is 39.5 Å². The predicted molar refractivity (Wildman–Crippen MR) is 391 cm³/mol. The monoisotopic (exact) mass is 1410 g/mol. The SMILES string of the molecule is CCC(C)CCCCCCCCCCC(=O)O[C@H](COC(=O)CCCCCCCCCCCCCCCCCCCCC(C)C)COP(=O)(O)OCC(O)COP(=O)(O)OC[C@@H](COC(=O)CCCCCCCCCCC(C)C)OC(=O)CCCCCCCCCCC(C)CC. The second-order valence-electron chi connectivity index (χ2n) is 29.2. The molecule has 3 N–H and O–H groups in total. The molecule has 0 aliphatic rings. The van der Waals surface area contributed by atoms with Crippen LogP contribution in [0.2, 0.25) is 0 Å². The summed E-state index contributed by atoms with van der Waals surface area (Å²) in [6.07, 6.45) is 51.4. The highest BCUT2D eigenvalue weighted by atomic mass is 31.2. The highest BCUT2D eigenvalue weighted by Crippen LogP contribution is 2.45. The summed E-state index contributed by atoms with van der Waals surface area (Å²) in [5, 5.41) is 10.6. The van der Waals surface area contributed by atoms with Crippen molar-refractivity contribution in [2.75, 3.05) is 39.6 Å². The van der Waals surface area contributed by atoms with Gasteiger partial charge in [-0.05, 0) is 49.4 Å². The van der Waals surface area contributed by atoms with Crippen LogP contribution in [0.1, 0.15) is 389 Å². The van der Waals surface area contributed by atoms with Crippen molar-refractivity contribution in [2.45, 2.75) is 408 Å². The second-order valence-corrected chi connectivity index (χ2v) is 32.1. The zero-order valence-corrected chi connectivity index (χ0v) is 64.8. The fourth-order valence-electron chi connectivity index (χ4n) is 11.7. The number of hydrogen-bond donors (Lipinski definition) is 3. The fourth-order valence-corrected chi connectivity index (χ4v) is 13.2. The van der Waals surface area contributed by atoms with Crippen LogP contribution in [0.3, 0.4) is 0 Å². The van der Waals surface area contributed by atoms with Gasteiger partial charge in [-0.3, -0.25) is 37.3 Å². The van der Waals surface area contributed by atoms with Crippen LogP contribution in [-0.2, 0) is 65.4 Å². The van der Waals surface area contributed by atoms with E-state index in [1.165, 1.54) is 193 Å². The number of phosphoric acid groups is 2. The molecule has 0 spiro atoms. The molecule has 19 heteroatoms. The van der Waals surface area contributed by atoms with Crippen molar-refractivity contribution in [3.8, 4) is 0 Å². The Bertz CT molecular complexity index is 1890. The molecule has 0 bridgehead atoms. The van der Waals surface area contributed by atoms with E-state index in [1.807, 2.05) is 0 Å². The Morgan fingerprint density at radius 1 is 0.292 bits per heavy atom. The minimum Gasteiger partial charge on any atom is -0.462 e. The second kappa shape index (κ2) is 66.3. The summed E-state index contributed by atoms with van der Waals surface area (Å²) in [5.74, 6) is 0.965. The lowest BCUT2D eigenvalue weighted by molar-refractivity contribution is -0.161. The van der Waals surface area contributed by atoms with E-state index in [9.17, 15) is 43.2 Å². The molecule has 0 saturated heterocycles. The van der Waals surface area contributed by atoms with Crippen LogP contribution in [0.5, 0.6) is 0 Å². The van der Waals surface area contributed by atoms with Crippen molar-refractivity contribution in [3.63, 3.8) is 0 Å². The van der Waals surface area contributed by atoms with E-state index in [0.29, 0.717) is 25.7 Å². The van der Waals surface area contributed by atoms with E-state index in [4.69, 9.17) is 37.0 Å². The number of phosphoric ester groups is 2. The Morgan fingerprint density at radius 3 is 0.740 bits per heavy atom. The molecule has 7 atom stereocenters. The third-order valence-corrected chi connectivity index (χ3v) is 20.4. The van der Waals surface area contributed by atoms with Gasteiger partial charge in [0.05, 0.1) is 26.4 Å². The zero-order chi connectivity index (χ0) is 71.0. The minimum absolute atomic E-state index is 0.104. The van der Waals surface area contributed by atoms with Gasteiger partial charge >= 0.3 is 39.5 Å². The maximum Gasteiger partial charge on any atom is 0.472 e. The summed E-state index contributed by atoms with van der Waals surface area (Å²) in [6.45, 7) is 14.2. The van der Waals surface area contributed by atoms with Gasteiger partial charge in [0.1, 0.15) is 19.3 Å². The molecule has 570 valence electrons. The van der Waals surface area contributed by atoms with E-state index in [-0.39, 0.29) is 25.7 Å². The number of rotatable bonds is 74. The van der Waals surface area contributed by atoms with Crippen LogP contribution < -0.4 is 0 Å². The molecule has 5 unspecified atom stereocenters. The summed E-state index contributed by atoms with van der Waals surface area (Å²) in [5.41, 5.74) is 0. The highest BCUT2D eigenvalue weighted by Gasteiger charge is 2.30. The molecule has 0 heterocycles. The molecule has 0 aromatic carbocycles. The molecule has 96 heavy (non-hydrogen) atoms. The molecule has 0 rings (SSSR count). The average Bonchev–Trinajstić information content (AvgIpc) is 2.32. The molecule has 0 aromatic rings. The third kappa shape index (κ3) is 67.9. The first-order valence-electron chi connectivity index (χ1n) is 39.8. The molecule has 0 aliphatic carbocycles. The van der Waals surface area contributed by atoms with Gasteiger partial charge in [-0.1, -0.05) is 338 Å². The van der Waals surface area contributed by atoms with E-state index in [1.54, 1.807) is 0 Å². The van der Waals surface area contributed by atoms with Crippen LogP contribution in [0.4, 0.5) is 0 Å². The van der Waals surface area contributed by atoms with E-state index in [0.717, 1.165) is 114 Å². The minimum atomic E-state index is -4.96. The molecule has 0 aliphatic heterocycles. The molecular weight excluding hydrogens is 1260 g/mol. The summed E-state index contributed by atoms with van der Waals surface area (Å²) in [4.78, 5) is 72.8. The van der Waals surface area contributed by atoms with E-state index in [2.05, 4.69) is 55.4 Å². The first-order chi connectivity index (χ1) is 46.2. The van der Waals surface area contributed by atoms with Gasteiger partial charge in [0.25, 0.3) is 0 Å². The number of unbranched alkanes of at least 4 members (excludes halogenated alkanes) is 38. The van der Waals surface area contributed by atoms with Crippen LogP contribution in [0.25, 0.3) is 0 Å². The van der Waals surface area contributed by atoms with Gasteiger partial charge in [0.2, 0.25) is 0 Å². The standard InChI is InChI=1S/C77H150O17P2/c1-9-69(7)55-47-39-31-24-27-35-43-51-59-76(81)93-72(63-87-74(79)57-49-41-33-22-20-18-16-14-12-11-13-15-17-19-21-29-37-45-53-67(3)4)65-91-95(83,84)89-61-71(78)62-90-96(85,86)92-66-73(64-88-75(80)58-50-42-34-26-23-30-38-46-54-68(5)6)94-77(82)60-52-44-36-28-25-32-40-48-56-70(8)10-2/h67-73,78H,9-66H2,1-8H3,(H,83,84)(H,85,86)/t69?,70?,71?,72-,73-/m1/s1. The summed E-state index contributed by atoms with van der Waals surface area (Å²) in [7, 11) is -9.91. The third-order valence-electron chi connectivity index (χ3n) is 18.5. The van der Waals surface area contributed by atoms with Crippen molar-refractivity contribution in [1.29, 1.82) is 0 Å². The van der Waals surface area contributed by atoms with Gasteiger partial charge in [-0.15, -0.1) is 0 Å². The lowest BCUT2D eigenvalue weighted by Gasteiger charge is -2.21. The molecule has 17 nitrogen and oxygen atoms in total. The van der Waals surface area contributed by atoms with E-state index < -0.39 is 97.5 Å². The lowest BCUT2D eigenvalue weighted by Crippen LogP contribution is -2.30. The molecule has 0 saturated carbocycles. The van der Waals surface area contributed by atoms with Crippen molar-refractivity contribution in [3.05, 3.63) is 0 Å². The molecule has 0 aromatic heterocycles. The molecule has 0 amide bonds. The van der Waals surface area contributed by atoms with Crippen LogP contribution in [0, 0.1) is 23.7 Å². The lowest BCUT2D eigenvalue weighted by atomic mass is 9.99. The van der Waals surface area contributed by atoms with Gasteiger partial charge < -0.3 is 33.8 Å². The molecule has 0 fully saturated rings. The van der Waals surface area contributed by atoms with Crippen molar-refractivity contribution in [2.24, 2.45) is 23.7 Å². The van der Waals surface area contributed by atoms with E-state index >= 15 is 0 Å². The maximum absolute atomic E-state index is 13.1. The Labute approximate surface area is 588 Å². The Balaban J connectivity index is 5.19. The normalized spacial score (nSPS) is 14.7. The van der Waals surface area contributed by atoms with Crippen LogP contribution in [-0.4, -0.2) is 96.7 Å². The Hall–Kier alpha value is -1.94. The van der Waals surface area contributed by atoms with Crippen LogP contribution >= 0.6 is 15.6 Å². The summed E-state index contributed by atoms with van der Waals surface area (Å²) in [6, 6.07) is 0. The smallest absolute Gasteiger partial charge is 0.462 e. The quantitative estimate of drug-likeness (QED) is 0.0222. The number of hydrogen-bond acceptors (Lipinski definition) is 15. The van der Waals surface area contributed by atoms with Crippen LogP contribution in [0.15, 0.2) is 0 Å². The number of aliphatic hydroxyl groups excluding tert-OH is 1. The number of esters is 4. The summed E-state index contributed by atoms with van der Waals surface area (Å²) >= 11 is 0. The first kappa shape index (κ1) is 94.1. The number of ether oxygens (including phenoxy) is 4. The summed E-state index contributed by atoms with van der Waals surface area (Å²) < 4.78 is 68.5.